The van der Waals surface area contributed by atoms with Crippen LogP contribution in [0.4, 0.5) is 33.3 Å². The Kier molecular flexibility index (Phi) is 18.2. The van der Waals surface area contributed by atoms with E-state index in [1.807, 2.05) is 82.3 Å². The van der Waals surface area contributed by atoms with Gasteiger partial charge in [0.2, 0.25) is 0 Å². The second kappa shape index (κ2) is 23.5. The van der Waals surface area contributed by atoms with Gasteiger partial charge in [0.05, 0.1) is 34.6 Å². The highest BCUT2D eigenvalue weighted by atomic mass is 35.5. The number of fused-ring (bicyclic) bond motifs is 3. The van der Waals surface area contributed by atoms with E-state index < -0.39 is 11.7 Å². The quantitative estimate of drug-likeness (QED) is 0.112. The normalized spacial score (nSPS) is 16.0. The number of hydrogen-bond acceptors (Lipinski definition) is 7. The van der Waals surface area contributed by atoms with E-state index in [1.165, 1.54) is 48.2 Å². The van der Waals surface area contributed by atoms with Crippen LogP contribution in [0, 0.1) is 11.6 Å². The number of piperidine rings is 1. The maximum atomic E-state index is 13.5. The topological polar surface area (TPSA) is 71.0 Å². The van der Waals surface area contributed by atoms with Crippen molar-refractivity contribution in [1.29, 1.82) is 0 Å². The molecule has 66 heavy (non-hydrogen) atoms. The first-order valence-corrected chi connectivity index (χ1v) is 23.1. The number of hydrogen-bond donors (Lipinski definition) is 2. The molecule has 0 radical (unpaired) electrons. The Morgan fingerprint density at radius 3 is 1.85 bits per heavy atom. The summed E-state index contributed by atoms with van der Waals surface area (Å²) < 4.78 is 68.8. The Hall–Kier alpha value is -4.41. The van der Waals surface area contributed by atoms with Crippen LogP contribution in [0.1, 0.15) is 60.8 Å². The van der Waals surface area contributed by atoms with Crippen molar-refractivity contribution in [3.8, 4) is 0 Å². The van der Waals surface area contributed by atoms with E-state index in [2.05, 4.69) is 19.7 Å². The first kappa shape index (κ1) is 51.0. The molecule has 3 aliphatic heterocycles. The van der Waals surface area contributed by atoms with Crippen molar-refractivity contribution in [1.82, 2.24) is 24.3 Å². The van der Waals surface area contributed by atoms with Crippen LogP contribution in [0.2, 0.25) is 0 Å². The monoisotopic (exact) mass is 970 g/mol. The zero-order chi connectivity index (χ0) is 44.6. The lowest BCUT2D eigenvalue weighted by molar-refractivity contribution is -0.137. The number of imidazole rings is 1. The lowest BCUT2D eigenvalue weighted by Gasteiger charge is -2.36. The molecular formula is C50H57Cl2F5N6O2S. The van der Waals surface area contributed by atoms with Crippen molar-refractivity contribution < 1.29 is 27.1 Å². The van der Waals surface area contributed by atoms with Crippen molar-refractivity contribution >= 4 is 59.0 Å². The van der Waals surface area contributed by atoms with Crippen LogP contribution in [-0.2, 0) is 6.18 Å². The van der Waals surface area contributed by atoms with Gasteiger partial charge in [0.1, 0.15) is 11.6 Å². The maximum absolute atomic E-state index is 13.5. The number of anilines is 2. The SMILES string of the molecule is Cl.Cl.O=c1[nH]c2ccccc2n1C1CCN(CCCC(c2ccc(F)cc2)c2ccc(F)cc2)CC1.OCCN1CCN(CCCN2c3ccccc3Sc3ccc(C(F)(F)F)cc32)CC1. The summed E-state index contributed by atoms with van der Waals surface area (Å²) >= 11 is 1.53. The standard InChI is InChI=1S/C28H29F2N3O.C22H26F3N3OS.2ClH/c29-22-11-7-20(8-12-22)25(21-9-13-23(30)14-10-21)4-3-17-32-18-15-24(16-19-32)33-27-6-2-1-5-26(27)31-28(33)34;23-22(24,25)17-6-7-21-19(16-17)28(18-4-1-2-5-20(18)30-21)9-3-8-26-10-12-27(13-11-26)14-15-29;;/h1-2,5-14,24-25H,3-4,15-19H2,(H,31,34);1-2,4-7,16,29H,3,8-15H2;2*1H. The van der Waals surface area contributed by atoms with Crippen LogP contribution in [0.25, 0.3) is 11.0 Å². The van der Waals surface area contributed by atoms with Crippen molar-refractivity contribution in [2.45, 2.75) is 60.0 Å². The number of alkyl halides is 3. The molecule has 0 aliphatic carbocycles. The minimum Gasteiger partial charge on any atom is -0.395 e. The second-order valence-corrected chi connectivity index (χ2v) is 17.9. The zero-order valence-corrected chi connectivity index (χ0v) is 39.1. The van der Waals surface area contributed by atoms with Crippen LogP contribution < -0.4 is 10.6 Å². The predicted molar refractivity (Wildman–Crippen MR) is 259 cm³/mol. The van der Waals surface area contributed by atoms with Gasteiger partial charge in [0, 0.05) is 74.1 Å². The molecule has 8 nitrogen and oxygen atoms in total. The van der Waals surface area contributed by atoms with E-state index in [4.69, 9.17) is 5.11 Å². The third-order valence-electron chi connectivity index (χ3n) is 12.7. The number of aromatic nitrogens is 2. The average Bonchev–Trinajstić information content (AvgIpc) is 3.64. The zero-order valence-electron chi connectivity index (χ0n) is 36.6. The lowest BCUT2D eigenvalue weighted by atomic mass is 9.87. The van der Waals surface area contributed by atoms with Gasteiger partial charge >= 0.3 is 11.9 Å². The molecule has 5 aromatic carbocycles. The van der Waals surface area contributed by atoms with Crippen LogP contribution >= 0.6 is 36.6 Å². The van der Waals surface area contributed by atoms with Crippen molar-refractivity contribution in [3.63, 3.8) is 0 Å². The Labute approximate surface area is 399 Å². The Morgan fingerprint density at radius 1 is 0.652 bits per heavy atom. The fourth-order valence-corrected chi connectivity index (χ4v) is 10.4. The third kappa shape index (κ3) is 12.6. The van der Waals surface area contributed by atoms with E-state index >= 15 is 0 Å². The summed E-state index contributed by atoms with van der Waals surface area (Å²) in [5.41, 5.74) is 4.95. The molecule has 4 heterocycles. The number of rotatable bonds is 13. The van der Waals surface area contributed by atoms with E-state index in [0.717, 1.165) is 122 Å². The molecular weight excluding hydrogens is 915 g/mol. The lowest BCUT2D eigenvalue weighted by Crippen LogP contribution is -2.47. The molecule has 354 valence electrons. The molecule has 0 saturated carbocycles. The Bertz CT molecular complexity index is 2460. The van der Waals surface area contributed by atoms with E-state index in [9.17, 15) is 26.7 Å². The van der Waals surface area contributed by atoms with Gasteiger partial charge in [-0.05, 0) is 123 Å². The molecule has 2 fully saturated rings. The third-order valence-corrected chi connectivity index (χ3v) is 13.9. The molecule has 0 amide bonds. The Morgan fingerprint density at radius 2 is 1.21 bits per heavy atom. The van der Waals surface area contributed by atoms with Crippen LogP contribution in [0.3, 0.4) is 0 Å². The summed E-state index contributed by atoms with van der Waals surface area (Å²) in [6.45, 7) is 9.17. The second-order valence-electron chi connectivity index (χ2n) is 16.9. The van der Waals surface area contributed by atoms with E-state index in [0.29, 0.717) is 18.8 Å². The minimum atomic E-state index is -4.35. The summed E-state index contributed by atoms with van der Waals surface area (Å²) in [6, 6.07) is 33.3. The largest absolute Gasteiger partial charge is 0.416 e. The first-order valence-electron chi connectivity index (χ1n) is 22.3. The van der Waals surface area contributed by atoms with Crippen LogP contribution in [0.5, 0.6) is 0 Å². The predicted octanol–water partition coefficient (Wildman–Crippen LogP) is 11.0. The van der Waals surface area contributed by atoms with Gasteiger partial charge < -0.3 is 24.8 Å². The van der Waals surface area contributed by atoms with Crippen LogP contribution in [-0.4, -0.2) is 101 Å². The van der Waals surface area contributed by atoms with Gasteiger partial charge in [0.15, 0.2) is 0 Å². The van der Waals surface area contributed by atoms with Gasteiger partial charge in [-0.25, -0.2) is 13.6 Å². The molecule has 2 saturated heterocycles. The number of para-hydroxylation sites is 3. The number of benzene rings is 5. The number of likely N-dealkylation sites (tertiary alicyclic amines) is 1. The van der Waals surface area contributed by atoms with Crippen molar-refractivity contribution in [2.75, 3.05) is 77.0 Å². The summed E-state index contributed by atoms with van der Waals surface area (Å²) in [5, 5.41) is 9.07. The average molecular weight is 972 g/mol. The summed E-state index contributed by atoms with van der Waals surface area (Å²) in [4.78, 5) is 26.6. The highest BCUT2D eigenvalue weighted by molar-refractivity contribution is 7.99. The number of nitrogens with one attached hydrogen (secondary N) is 1. The number of aliphatic hydroxyl groups excluding tert-OH is 1. The fraction of sp³-hybridized carbons (Fsp3) is 0.380. The summed E-state index contributed by atoms with van der Waals surface area (Å²) in [5.74, 6) is -0.402. The molecule has 1 aromatic heterocycles. The van der Waals surface area contributed by atoms with Gasteiger partial charge in [-0.1, -0.05) is 60.3 Å². The number of aliphatic hydroxyl groups is 1. The molecule has 3 aliphatic rings. The van der Waals surface area contributed by atoms with Crippen molar-refractivity contribution in [3.05, 3.63) is 154 Å². The molecule has 16 heteroatoms. The van der Waals surface area contributed by atoms with Crippen molar-refractivity contribution in [2.24, 2.45) is 0 Å². The van der Waals surface area contributed by atoms with Gasteiger partial charge in [-0.2, -0.15) is 13.2 Å². The molecule has 0 spiro atoms. The molecule has 6 aromatic rings. The highest BCUT2D eigenvalue weighted by Crippen LogP contribution is 2.49. The molecule has 0 atom stereocenters. The maximum Gasteiger partial charge on any atom is 0.416 e. The first-order chi connectivity index (χ1) is 31.0. The molecule has 9 rings (SSSR count). The summed E-state index contributed by atoms with van der Waals surface area (Å²) in [7, 11) is 0. The van der Waals surface area contributed by atoms with Crippen LogP contribution in [0.15, 0.2) is 130 Å². The molecule has 0 unspecified atom stereocenters. The van der Waals surface area contributed by atoms with E-state index in [-0.39, 0.29) is 60.7 Å². The smallest absolute Gasteiger partial charge is 0.395 e. The van der Waals surface area contributed by atoms with E-state index in [1.54, 1.807) is 6.07 Å². The number of piperazine rings is 1. The molecule has 0 bridgehead atoms. The number of aromatic amines is 1. The number of H-pyrrole nitrogens is 1. The number of nitrogens with zero attached hydrogens (tertiary/aromatic N) is 5. The van der Waals surface area contributed by atoms with Gasteiger partial charge in [-0.3, -0.25) is 9.47 Å². The van der Waals surface area contributed by atoms with Gasteiger partial charge in [-0.15, -0.1) is 24.8 Å². The fourth-order valence-electron chi connectivity index (χ4n) is 9.35. The highest BCUT2D eigenvalue weighted by Gasteiger charge is 2.33. The Balaban J connectivity index is 0.000000213. The number of β-amino-alcohol motifs (C(OH)–C–C–N with tert-alkyl or cyclic N) is 1. The van der Waals surface area contributed by atoms with Gasteiger partial charge in [0.25, 0.3) is 0 Å². The summed E-state index contributed by atoms with van der Waals surface area (Å²) in [6.07, 6.45) is 0.295. The number of halogens is 7. The molecule has 2 N–H and O–H groups in total. The minimum absolute atomic E-state index is 0.